The molecule has 1 atom stereocenters. The zero-order chi connectivity index (χ0) is 23.5. The third-order valence-electron chi connectivity index (χ3n) is 5.06. The van der Waals surface area contributed by atoms with Gasteiger partial charge < -0.3 is 15.0 Å². The van der Waals surface area contributed by atoms with Crippen LogP contribution >= 0.6 is 11.6 Å². The summed E-state index contributed by atoms with van der Waals surface area (Å²) in [7, 11) is 0. The van der Waals surface area contributed by atoms with E-state index >= 15 is 0 Å². The summed E-state index contributed by atoms with van der Waals surface area (Å²) >= 11 is 6.03. The third kappa shape index (κ3) is 7.51. The van der Waals surface area contributed by atoms with Gasteiger partial charge in [0.05, 0.1) is 0 Å². The molecule has 1 unspecified atom stereocenters. The Morgan fingerprint density at radius 3 is 2.21 bits per heavy atom. The second-order valence-corrected chi connectivity index (χ2v) is 7.93. The van der Waals surface area contributed by atoms with Crippen molar-refractivity contribution in [1.82, 2.24) is 10.2 Å². The fourth-order valence-electron chi connectivity index (χ4n) is 3.38. The Bertz CT molecular complexity index is 1040. The number of amides is 2. The molecular formula is C27H27ClN2O3. The van der Waals surface area contributed by atoms with Crippen LogP contribution in [0.2, 0.25) is 5.02 Å². The van der Waals surface area contributed by atoms with E-state index < -0.39 is 6.04 Å². The lowest BCUT2D eigenvalue weighted by molar-refractivity contribution is -0.142. The number of carbonyl (C=O) groups is 2. The average Bonchev–Trinajstić information content (AvgIpc) is 2.85. The molecule has 0 aromatic heterocycles. The van der Waals surface area contributed by atoms with Crippen LogP contribution < -0.4 is 10.1 Å². The minimum Gasteiger partial charge on any atom is -0.484 e. The minimum atomic E-state index is -0.727. The van der Waals surface area contributed by atoms with Crippen molar-refractivity contribution in [3.63, 3.8) is 0 Å². The standard InChI is InChI=1S/C27H27ClN2O3/c1-2-17-29-27(32)25(18-21-9-5-3-6-10-21)30(19-22-13-15-23(28)16-14-22)26(31)20-33-24-11-7-4-8-12-24/h2-16,25H,1,17-20H2,(H,29,32). The molecule has 170 valence electrons. The second kappa shape index (κ2) is 12.5. The van der Waals surface area contributed by atoms with Crippen molar-refractivity contribution in [3.8, 4) is 5.75 Å². The third-order valence-corrected chi connectivity index (χ3v) is 5.32. The maximum Gasteiger partial charge on any atom is 0.261 e. The Morgan fingerprint density at radius 2 is 1.58 bits per heavy atom. The first-order valence-corrected chi connectivity index (χ1v) is 11.1. The van der Waals surface area contributed by atoms with Crippen molar-refractivity contribution in [2.45, 2.75) is 19.0 Å². The van der Waals surface area contributed by atoms with Gasteiger partial charge >= 0.3 is 0 Å². The van der Waals surface area contributed by atoms with E-state index in [9.17, 15) is 9.59 Å². The summed E-state index contributed by atoms with van der Waals surface area (Å²) in [5, 5.41) is 3.45. The van der Waals surface area contributed by atoms with Crippen LogP contribution in [0.4, 0.5) is 0 Å². The molecule has 2 amide bonds. The Labute approximate surface area is 199 Å². The lowest BCUT2D eigenvalue weighted by atomic mass is 10.0. The summed E-state index contributed by atoms with van der Waals surface area (Å²) < 4.78 is 5.71. The van der Waals surface area contributed by atoms with Crippen molar-refractivity contribution in [2.24, 2.45) is 0 Å². The fourth-order valence-corrected chi connectivity index (χ4v) is 3.50. The second-order valence-electron chi connectivity index (χ2n) is 7.49. The molecule has 0 bridgehead atoms. The highest BCUT2D eigenvalue weighted by Gasteiger charge is 2.30. The highest BCUT2D eigenvalue weighted by atomic mass is 35.5. The highest BCUT2D eigenvalue weighted by Crippen LogP contribution is 2.17. The monoisotopic (exact) mass is 462 g/mol. The maximum atomic E-state index is 13.4. The number of rotatable bonds is 11. The lowest BCUT2D eigenvalue weighted by Gasteiger charge is -2.31. The summed E-state index contributed by atoms with van der Waals surface area (Å²) in [4.78, 5) is 28.1. The largest absolute Gasteiger partial charge is 0.484 e. The predicted molar refractivity (Wildman–Crippen MR) is 131 cm³/mol. The number of carbonyl (C=O) groups excluding carboxylic acids is 2. The van der Waals surface area contributed by atoms with Gasteiger partial charge in [-0.15, -0.1) is 6.58 Å². The molecule has 6 heteroatoms. The number of halogens is 1. The molecule has 0 aliphatic rings. The Morgan fingerprint density at radius 1 is 0.939 bits per heavy atom. The van der Waals surface area contributed by atoms with E-state index in [1.807, 2.05) is 60.7 Å². The first kappa shape index (κ1) is 24.1. The molecule has 5 nitrogen and oxygen atoms in total. The zero-order valence-corrected chi connectivity index (χ0v) is 19.1. The molecule has 1 N–H and O–H groups in total. The van der Waals surface area contributed by atoms with Crippen LogP contribution in [0.1, 0.15) is 11.1 Å². The first-order chi connectivity index (χ1) is 16.1. The molecule has 0 fully saturated rings. The summed E-state index contributed by atoms with van der Waals surface area (Å²) in [6, 6.07) is 25.3. The summed E-state index contributed by atoms with van der Waals surface area (Å²) in [6.45, 7) is 4.04. The number of nitrogens with zero attached hydrogens (tertiary/aromatic N) is 1. The lowest BCUT2D eigenvalue weighted by Crippen LogP contribution is -2.51. The Kier molecular flexibility index (Phi) is 9.09. The number of hydrogen-bond acceptors (Lipinski definition) is 3. The molecule has 0 aliphatic heterocycles. The molecule has 3 rings (SSSR count). The maximum absolute atomic E-state index is 13.4. The molecular weight excluding hydrogens is 436 g/mol. The smallest absolute Gasteiger partial charge is 0.261 e. The van der Waals surface area contributed by atoms with Gasteiger partial charge in [-0.05, 0) is 35.4 Å². The van der Waals surface area contributed by atoms with Crippen LogP contribution in [-0.4, -0.2) is 35.9 Å². The van der Waals surface area contributed by atoms with Crippen LogP contribution in [0, 0.1) is 0 Å². The summed E-state index contributed by atoms with van der Waals surface area (Å²) in [5.74, 6) is 0.0530. The topological polar surface area (TPSA) is 58.6 Å². The van der Waals surface area contributed by atoms with Gasteiger partial charge in [-0.3, -0.25) is 9.59 Å². The minimum absolute atomic E-state index is 0.183. The van der Waals surface area contributed by atoms with Crippen LogP contribution in [0.3, 0.4) is 0 Å². The predicted octanol–water partition coefficient (Wildman–Crippen LogP) is 4.66. The van der Waals surface area contributed by atoms with Crippen LogP contribution in [0.25, 0.3) is 0 Å². The van der Waals surface area contributed by atoms with Gasteiger partial charge in [0.15, 0.2) is 6.61 Å². The van der Waals surface area contributed by atoms with Gasteiger partial charge in [0.25, 0.3) is 5.91 Å². The Balaban J connectivity index is 1.88. The van der Waals surface area contributed by atoms with Crippen LogP contribution in [-0.2, 0) is 22.6 Å². The van der Waals surface area contributed by atoms with Crippen molar-refractivity contribution in [1.29, 1.82) is 0 Å². The van der Waals surface area contributed by atoms with Gasteiger partial charge in [-0.2, -0.15) is 0 Å². The first-order valence-electron chi connectivity index (χ1n) is 10.7. The molecule has 33 heavy (non-hydrogen) atoms. The number of nitrogens with one attached hydrogen (secondary N) is 1. The molecule has 0 heterocycles. The molecule has 0 spiro atoms. The van der Waals surface area contributed by atoms with Crippen molar-refractivity contribution in [2.75, 3.05) is 13.2 Å². The van der Waals surface area contributed by atoms with E-state index in [1.54, 1.807) is 35.2 Å². The van der Waals surface area contributed by atoms with Gasteiger partial charge in [-0.25, -0.2) is 0 Å². The highest BCUT2D eigenvalue weighted by molar-refractivity contribution is 6.30. The molecule has 3 aromatic rings. The summed E-state index contributed by atoms with van der Waals surface area (Å²) in [5.41, 5.74) is 1.82. The number of para-hydroxylation sites is 1. The molecule has 0 saturated carbocycles. The van der Waals surface area contributed by atoms with E-state index in [0.717, 1.165) is 11.1 Å². The number of benzene rings is 3. The van der Waals surface area contributed by atoms with E-state index in [2.05, 4.69) is 11.9 Å². The number of hydrogen-bond donors (Lipinski definition) is 1. The van der Waals surface area contributed by atoms with Crippen molar-refractivity contribution >= 4 is 23.4 Å². The normalized spacial score (nSPS) is 11.3. The van der Waals surface area contributed by atoms with E-state index in [1.165, 1.54) is 0 Å². The van der Waals surface area contributed by atoms with Crippen molar-refractivity contribution < 1.29 is 14.3 Å². The summed E-state index contributed by atoms with van der Waals surface area (Å²) in [6.07, 6.45) is 1.98. The SMILES string of the molecule is C=CCNC(=O)C(Cc1ccccc1)N(Cc1ccc(Cl)cc1)C(=O)COc1ccccc1. The number of ether oxygens (including phenoxy) is 1. The van der Waals surface area contributed by atoms with Crippen LogP contribution in [0.5, 0.6) is 5.75 Å². The fraction of sp³-hybridized carbons (Fsp3) is 0.185. The van der Waals surface area contributed by atoms with Gasteiger partial charge in [0.1, 0.15) is 11.8 Å². The van der Waals surface area contributed by atoms with E-state index in [4.69, 9.17) is 16.3 Å². The zero-order valence-electron chi connectivity index (χ0n) is 18.3. The van der Waals surface area contributed by atoms with E-state index in [-0.39, 0.29) is 25.0 Å². The molecule has 0 saturated heterocycles. The van der Waals surface area contributed by atoms with Crippen LogP contribution in [0.15, 0.2) is 97.6 Å². The van der Waals surface area contributed by atoms with Crippen molar-refractivity contribution in [3.05, 3.63) is 114 Å². The molecule has 3 aromatic carbocycles. The van der Waals surface area contributed by atoms with Gasteiger partial charge in [0, 0.05) is 24.5 Å². The van der Waals surface area contributed by atoms with Gasteiger partial charge in [0.2, 0.25) is 5.91 Å². The van der Waals surface area contributed by atoms with Gasteiger partial charge in [-0.1, -0.05) is 78.3 Å². The van der Waals surface area contributed by atoms with E-state index in [0.29, 0.717) is 23.7 Å². The quantitative estimate of drug-likeness (QED) is 0.421. The molecule has 0 radical (unpaired) electrons. The Hall–Kier alpha value is -3.57. The average molecular weight is 463 g/mol. The molecule has 0 aliphatic carbocycles.